The van der Waals surface area contributed by atoms with Gasteiger partial charge in [-0.3, -0.25) is 4.79 Å². The van der Waals surface area contributed by atoms with Crippen molar-refractivity contribution >= 4 is 11.9 Å². The summed E-state index contributed by atoms with van der Waals surface area (Å²) in [4.78, 5) is 14.5. The van der Waals surface area contributed by atoms with Crippen LogP contribution < -0.4 is 5.73 Å². The SMILES string of the molecule is Cc1[nH]c2c(c1CCN)CC(=O)C=C2. The van der Waals surface area contributed by atoms with E-state index in [0.29, 0.717) is 13.0 Å². The molecule has 0 amide bonds. The van der Waals surface area contributed by atoms with Crippen LogP contribution in [0.5, 0.6) is 0 Å². The number of hydrogen-bond acceptors (Lipinski definition) is 2. The standard InChI is InChI=1S/C11H14N2O/c1-7-9(4-5-12)10-6-8(14)2-3-11(10)13-7/h2-3,13H,4-6,12H2,1H3. The van der Waals surface area contributed by atoms with Crippen molar-refractivity contribution in [2.45, 2.75) is 19.8 Å². The maximum absolute atomic E-state index is 11.3. The van der Waals surface area contributed by atoms with Crippen LogP contribution in [-0.2, 0) is 17.6 Å². The summed E-state index contributed by atoms with van der Waals surface area (Å²) in [6.45, 7) is 2.66. The van der Waals surface area contributed by atoms with Crippen LogP contribution in [0, 0.1) is 6.92 Å². The first-order valence-electron chi connectivity index (χ1n) is 4.83. The molecule has 1 aromatic rings. The molecule has 0 fully saturated rings. The highest BCUT2D eigenvalue weighted by Crippen LogP contribution is 2.24. The molecule has 14 heavy (non-hydrogen) atoms. The molecule has 1 aromatic heterocycles. The van der Waals surface area contributed by atoms with Gasteiger partial charge in [0, 0.05) is 17.8 Å². The van der Waals surface area contributed by atoms with Crippen LogP contribution in [0.1, 0.15) is 22.5 Å². The van der Waals surface area contributed by atoms with Crippen molar-refractivity contribution in [2.75, 3.05) is 6.54 Å². The lowest BCUT2D eigenvalue weighted by Crippen LogP contribution is -2.09. The van der Waals surface area contributed by atoms with Crippen molar-refractivity contribution in [3.8, 4) is 0 Å². The molecule has 3 nitrogen and oxygen atoms in total. The molecular formula is C11H14N2O. The van der Waals surface area contributed by atoms with Crippen molar-refractivity contribution in [1.82, 2.24) is 4.98 Å². The molecule has 0 aliphatic heterocycles. The lowest BCUT2D eigenvalue weighted by atomic mass is 9.97. The number of hydrogen-bond donors (Lipinski definition) is 2. The molecule has 3 N–H and O–H groups in total. The number of H-pyrrole nitrogens is 1. The van der Waals surface area contributed by atoms with Gasteiger partial charge in [-0.05, 0) is 43.2 Å². The van der Waals surface area contributed by atoms with Gasteiger partial charge in [-0.15, -0.1) is 0 Å². The van der Waals surface area contributed by atoms with Crippen LogP contribution in [0.2, 0.25) is 0 Å². The number of aromatic amines is 1. The van der Waals surface area contributed by atoms with E-state index in [1.165, 1.54) is 5.56 Å². The fourth-order valence-electron chi connectivity index (χ4n) is 1.98. The third kappa shape index (κ3) is 1.40. The van der Waals surface area contributed by atoms with E-state index in [9.17, 15) is 4.79 Å². The zero-order chi connectivity index (χ0) is 10.1. The summed E-state index contributed by atoms with van der Waals surface area (Å²) in [7, 11) is 0. The number of nitrogens with two attached hydrogens (primary N) is 1. The molecule has 2 rings (SSSR count). The number of aromatic nitrogens is 1. The zero-order valence-corrected chi connectivity index (χ0v) is 8.26. The Morgan fingerprint density at radius 2 is 2.29 bits per heavy atom. The third-order valence-corrected chi connectivity index (χ3v) is 2.65. The van der Waals surface area contributed by atoms with Crippen LogP contribution in [0.25, 0.3) is 6.08 Å². The second-order valence-electron chi connectivity index (χ2n) is 3.64. The van der Waals surface area contributed by atoms with E-state index in [4.69, 9.17) is 5.73 Å². The Morgan fingerprint density at radius 3 is 3.00 bits per heavy atom. The molecule has 0 saturated carbocycles. The fourth-order valence-corrected chi connectivity index (χ4v) is 1.98. The van der Waals surface area contributed by atoms with Crippen LogP contribution in [0.4, 0.5) is 0 Å². The van der Waals surface area contributed by atoms with Gasteiger partial charge in [-0.2, -0.15) is 0 Å². The molecule has 0 bridgehead atoms. The molecule has 1 aliphatic carbocycles. The number of rotatable bonds is 2. The minimum atomic E-state index is 0.176. The van der Waals surface area contributed by atoms with E-state index in [-0.39, 0.29) is 5.78 Å². The van der Waals surface area contributed by atoms with Gasteiger partial charge in [0.15, 0.2) is 5.78 Å². The summed E-state index contributed by atoms with van der Waals surface area (Å²) >= 11 is 0. The summed E-state index contributed by atoms with van der Waals surface area (Å²) < 4.78 is 0. The fraction of sp³-hybridized carbons (Fsp3) is 0.364. The van der Waals surface area contributed by atoms with Gasteiger partial charge in [-0.1, -0.05) is 0 Å². The molecule has 0 atom stereocenters. The highest BCUT2D eigenvalue weighted by atomic mass is 16.1. The van der Waals surface area contributed by atoms with Gasteiger partial charge in [-0.25, -0.2) is 0 Å². The number of carbonyl (C=O) groups is 1. The molecule has 0 aromatic carbocycles. The third-order valence-electron chi connectivity index (χ3n) is 2.65. The molecular weight excluding hydrogens is 176 g/mol. The van der Waals surface area contributed by atoms with Gasteiger partial charge in [0.25, 0.3) is 0 Å². The molecule has 0 unspecified atom stereocenters. The van der Waals surface area contributed by atoms with Crippen molar-refractivity contribution in [3.63, 3.8) is 0 Å². The van der Waals surface area contributed by atoms with Gasteiger partial charge in [0.1, 0.15) is 0 Å². The minimum absolute atomic E-state index is 0.176. The summed E-state index contributed by atoms with van der Waals surface area (Å²) in [6.07, 6.45) is 4.85. The summed E-state index contributed by atoms with van der Waals surface area (Å²) in [6, 6.07) is 0. The van der Waals surface area contributed by atoms with Gasteiger partial charge in [0.2, 0.25) is 0 Å². The highest BCUT2D eigenvalue weighted by molar-refractivity contribution is 5.98. The van der Waals surface area contributed by atoms with E-state index in [1.54, 1.807) is 6.08 Å². The second-order valence-corrected chi connectivity index (χ2v) is 3.64. The molecule has 1 heterocycles. The Bertz CT molecular complexity index is 402. The Morgan fingerprint density at radius 1 is 1.50 bits per heavy atom. The number of aryl methyl sites for hydroxylation is 1. The van der Waals surface area contributed by atoms with E-state index >= 15 is 0 Å². The lowest BCUT2D eigenvalue weighted by Gasteiger charge is -2.06. The maximum atomic E-state index is 11.3. The normalized spacial score (nSPS) is 14.6. The number of allylic oxidation sites excluding steroid dienone is 1. The number of nitrogens with one attached hydrogen (secondary N) is 1. The summed E-state index contributed by atoms with van der Waals surface area (Å²) in [5, 5.41) is 0. The molecule has 3 heteroatoms. The van der Waals surface area contributed by atoms with E-state index in [1.807, 2.05) is 13.0 Å². The molecule has 74 valence electrons. The monoisotopic (exact) mass is 190 g/mol. The first-order valence-corrected chi connectivity index (χ1v) is 4.83. The van der Waals surface area contributed by atoms with E-state index in [0.717, 1.165) is 23.4 Å². The predicted octanol–water partition coefficient (Wildman–Crippen LogP) is 0.963. The smallest absolute Gasteiger partial charge is 0.160 e. The first-order chi connectivity index (χ1) is 6.72. The van der Waals surface area contributed by atoms with Gasteiger partial charge >= 0.3 is 0 Å². The summed E-state index contributed by atoms with van der Waals surface area (Å²) in [5.41, 5.74) is 10.1. The number of carbonyl (C=O) groups excluding carboxylic acids is 1. The Labute approximate surface area is 83.0 Å². The zero-order valence-electron chi connectivity index (χ0n) is 8.26. The van der Waals surface area contributed by atoms with Gasteiger partial charge in [0.05, 0.1) is 0 Å². The van der Waals surface area contributed by atoms with Crippen LogP contribution >= 0.6 is 0 Å². The molecule has 0 spiro atoms. The average molecular weight is 190 g/mol. The predicted molar refractivity (Wildman–Crippen MR) is 56.0 cm³/mol. The van der Waals surface area contributed by atoms with Crippen LogP contribution in [0.3, 0.4) is 0 Å². The van der Waals surface area contributed by atoms with Crippen molar-refractivity contribution < 1.29 is 4.79 Å². The van der Waals surface area contributed by atoms with Crippen molar-refractivity contribution in [2.24, 2.45) is 5.73 Å². The number of ketones is 1. The Hall–Kier alpha value is -1.35. The maximum Gasteiger partial charge on any atom is 0.160 e. The minimum Gasteiger partial charge on any atom is -0.359 e. The average Bonchev–Trinajstić information content (AvgIpc) is 2.45. The quantitative estimate of drug-likeness (QED) is 0.729. The topological polar surface area (TPSA) is 58.9 Å². The van der Waals surface area contributed by atoms with Crippen molar-refractivity contribution in [1.29, 1.82) is 0 Å². The van der Waals surface area contributed by atoms with Gasteiger partial charge < -0.3 is 10.7 Å². The Balaban J connectivity index is 2.46. The summed E-state index contributed by atoms with van der Waals surface area (Å²) in [5.74, 6) is 0.176. The molecule has 0 radical (unpaired) electrons. The van der Waals surface area contributed by atoms with Crippen LogP contribution in [-0.4, -0.2) is 17.3 Å². The first kappa shape index (κ1) is 9.21. The van der Waals surface area contributed by atoms with E-state index < -0.39 is 0 Å². The second kappa shape index (κ2) is 3.42. The largest absolute Gasteiger partial charge is 0.359 e. The highest BCUT2D eigenvalue weighted by Gasteiger charge is 2.17. The molecule has 0 saturated heterocycles. The van der Waals surface area contributed by atoms with Crippen LogP contribution in [0.15, 0.2) is 6.08 Å². The Kier molecular flexibility index (Phi) is 2.25. The lowest BCUT2D eigenvalue weighted by molar-refractivity contribution is -0.114. The van der Waals surface area contributed by atoms with E-state index in [2.05, 4.69) is 4.98 Å². The molecule has 1 aliphatic rings. The van der Waals surface area contributed by atoms with Crippen molar-refractivity contribution in [3.05, 3.63) is 28.6 Å². The number of fused-ring (bicyclic) bond motifs is 1.